The normalized spacial score (nSPS) is 7.92. The Morgan fingerprint density at radius 3 is 2.33 bits per heavy atom. The van der Waals surface area contributed by atoms with Crippen molar-refractivity contribution in [1.29, 1.82) is 0 Å². The van der Waals surface area contributed by atoms with Gasteiger partial charge in [-0.2, -0.15) is 0 Å². The van der Waals surface area contributed by atoms with Gasteiger partial charge in [0.25, 0.3) is 0 Å². The Morgan fingerprint density at radius 1 is 1.67 bits per heavy atom. The van der Waals surface area contributed by atoms with Crippen molar-refractivity contribution >= 4 is 5.97 Å². The highest BCUT2D eigenvalue weighted by atomic mass is 16.5. The molecule has 0 rings (SSSR count). The van der Waals surface area contributed by atoms with Gasteiger partial charge < -0.3 is 9.84 Å². The molecule has 0 aliphatic carbocycles. The molecular weight excluding hydrogens is 156 g/mol. The van der Waals surface area contributed by atoms with Gasteiger partial charge in [-0.25, -0.2) is 0 Å². The third kappa shape index (κ3) is 22.9. The van der Waals surface area contributed by atoms with Crippen LogP contribution in [0.5, 0.6) is 0 Å². The van der Waals surface area contributed by atoms with Crippen LogP contribution < -0.4 is 0 Å². The van der Waals surface area contributed by atoms with Gasteiger partial charge in [0.05, 0.1) is 0 Å². The largest absolute Gasteiger partial charge is 0.462 e. The van der Waals surface area contributed by atoms with Gasteiger partial charge in [0, 0.05) is 13.5 Å². The van der Waals surface area contributed by atoms with Crippen LogP contribution in [-0.2, 0) is 9.53 Å². The average molecular weight is 174 g/mol. The molecule has 3 heteroatoms. The lowest BCUT2D eigenvalue weighted by molar-refractivity contribution is -0.139. The molecule has 0 radical (unpaired) electrons. The van der Waals surface area contributed by atoms with Crippen molar-refractivity contribution in [3.63, 3.8) is 0 Å². The predicted molar refractivity (Wildman–Crippen MR) is 48.8 cm³/mol. The molecule has 72 valence electrons. The molecule has 0 aromatic rings. The molecule has 1 N–H and O–H groups in total. The Bertz CT molecular complexity index is 108. The lowest BCUT2D eigenvalue weighted by Crippen LogP contribution is -1.96. The van der Waals surface area contributed by atoms with Crippen molar-refractivity contribution in [2.75, 3.05) is 13.2 Å². The minimum absolute atomic E-state index is 0.264. The molecule has 0 aliphatic heterocycles. The third-order valence-corrected chi connectivity index (χ3v) is 0.916. The van der Waals surface area contributed by atoms with Gasteiger partial charge in [0.1, 0.15) is 6.61 Å². The Labute approximate surface area is 74.0 Å². The summed E-state index contributed by atoms with van der Waals surface area (Å²) in [6, 6.07) is 0. The van der Waals surface area contributed by atoms with Crippen LogP contribution in [0.25, 0.3) is 0 Å². The highest BCUT2D eigenvalue weighted by molar-refractivity contribution is 5.65. The minimum atomic E-state index is -0.264. The summed E-state index contributed by atoms with van der Waals surface area (Å²) in [5, 5.41) is 8.07. The number of rotatable bonds is 4. The second-order valence-electron chi connectivity index (χ2n) is 2.17. The molecule has 0 spiro atoms. The zero-order valence-electron chi connectivity index (χ0n) is 7.88. The SMILES string of the molecule is C=CCOC(C)=O.CCCCO. The molecular formula is C9H18O3. The number of esters is 1. The summed E-state index contributed by atoms with van der Waals surface area (Å²) in [5.41, 5.74) is 0. The van der Waals surface area contributed by atoms with E-state index in [4.69, 9.17) is 5.11 Å². The number of carbonyl (C=O) groups is 1. The maximum Gasteiger partial charge on any atom is 0.302 e. The van der Waals surface area contributed by atoms with Crippen LogP contribution in [-0.4, -0.2) is 24.3 Å². The van der Waals surface area contributed by atoms with Gasteiger partial charge >= 0.3 is 5.97 Å². The summed E-state index contributed by atoms with van der Waals surface area (Å²) in [4.78, 5) is 9.93. The Hall–Kier alpha value is -0.830. The quantitative estimate of drug-likeness (QED) is 0.519. The molecule has 0 unspecified atom stereocenters. The van der Waals surface area contributed by atoms with Gasteiger partial charge in [-0.15, -0.1) is 0 Å². The number of unbranched alkanes of at least 4 members (excludes halogenated alkanes) is 1. The van der Waals surface area contributed by atoms with Crippen molar-refractivity contribution in [2.24, 2.45) is 0 Å². The van der Waals surface area contributed by atoms with E-state index in [1.807, 2.05) is 0 Å². The molecule has 12 heavy (non-hydrogen) atoms. The zero-order chi connectivity index (χ0) is 9.82. The fraction of sp³-hybridized carbons (Fsp3) is 0.667. The summed E-state index contributed by atoms with van der Waals surface area (Å²) < 4.78 is 4.43. The highest BCUT2D eigenvalue weighted by Gasteiger charge is 1.83. The van der Waals surface area contributed by atoms with E-state index in [1.165, 1.54) is 13.0 Å². The van der Waals surface area contributed by atoms with Crippen molar-refractivity contribution in [3.05, 3.63) is 12.7 Å². The number of hydrogen-bond acceptors (Lipinski definition) is 3. The van der Waals surface area contributed by atoms with Crippen LogP contribution in [0.2, 0.25) is 0 Å². The first kappa shape index (κ1) is 13.7. The summed E-state index contributed by atoms with van der Waals surface area (Å²) >= 11 is 0. The molecule has 0 aromatic carbocycles. The molecule has 0 heterocycles. The first-order chi connectivity index (χ1) is 5.68. The van der Waals surface area contributed by atoms with E-state index in [0.717, 1.165) is 12.8 Å². The molecule has 0 saturated heterocycles. The van der Waals surface area contributed by atoms with Gasteiger partial charge in [-0.05, 0) is 6.42 Å². The first-order valence-corrected chi connectivity index (χ1v) is 4.04. The highest BCUT2D eigenvalue weighted by Crippen LogP contribution is 1.78. The van der Waals surface area contributed by atoms with Crippen LogP contribution in [0.4, 0.5) is 0 Å². The van der Waals surface area contributed by atoms with Gasteiger partial charge in [0.15, 0.2) is 0 Å². The van der Waals surface area contributed by atoms with E-state index >= 15 is 0 Å². The van der Waals surface area contributed by atoms with Crippen LogP contribution in [0, 0.1) is 0 Å². The van der Waals surface area contributed by atoms with E-state index in [0.29, 0.717) is 13.2 Å². The third-order valence-electron chi connectivity index (χ3n) is 0.916. The van der Waals surface area contributed by atoms with Gasteiger partial charge in [-0.3, -0.25) is 4.79 Å². The lowest BCUT2D eigenvalue weighted by Gasteiger charge is -1.90. The Morgan fingerprint density at radius 2 is 2.25 bits per heavy atom. The predicted octanol–water partition coefficient (Wildman–Crippen LogP) is 1.51. The summed E-state index contributed by atoms with van der Waals surface area (Å²) in [5.74, 6) is -0.264. The topological polar surface area (TPSA) is 46.5 Å². The zero-order valence-corrected chi connectivity index (χ0v) is 7.88. The lowest BCUT2D eigenvalue weighted by atomic mass is 10.4. The molecule has 0 aliphatic rings. The molecule has 0 bridgehead atoms. The van der Waals surface area contributed by atoms with Crippen LogP contribution in [0.1, 0.15) is 26.7 Å². The fourth-order valence-electron chi connectivity index (χ4n) is 0.334. The number of aliphatic hydroxyl groups excluding tert-OH is 1. The van der Waals surface area contributed by atoms with Gasteiger partial charge in [0.2, 0.25) is 0 Å². The van der Waals surface area contributed by atoms with Crippen LogP contribution in [0.15, 0.2) is 12.7 Å². The average Bonchev–Trinajstić information content (AvgIpc) is 2.03. The van der Waals surface area contributed by atoms with Crippen LogP contribution >= 0.6 is 0 Å². The van der Waals surface area contributed by atoms with Crippen molar-refractivity contribution < 1.29 is 14.6 Å². The summed E-state index contributed by atoms with van der Waals surface area (Å²) in [6.45, 7) is 7.43. The summed E-state index contributed by atoms with van der Waals surface area (Å²) in [6.07, 6.45) is 3.57. The Kier molecular flexibility index (Phi) is 14.7. The molecule has 3 nitrogen and oxygen atoms in total. The van der Waals surface area contributed by atoms with E-state index in [-0.39, 0.29) is 5.97 Å². The van der Waals surface area contributed by atoms with Crippen molar-refractivity contribution in [2.45, 2.75) is 26.7 Å². The van der Waals surface area contributed by atoms with E-state index in [1.54, 1.807) is 0 Å². The molecule has 0 amide bonds. The van der Waals surface area contributed by atoms with E-state index < -0.39 is 0 Å². The first-order valence-electron chi connectivity index (χ1n) is 4.04. The molecule has 0 fully saturated rings. The standard InChI is InChI=1S/C5H8O2.C4H10O/c1-3-4-7-5(2)6;1-2-3-4-5/h3H,1,4H2,2H3;5H,2-4H2,1H3. The number of aliphatic hydroxyl groups is 1. The summed E-state index contributed by atoms with van der Waals surface area (Å²) in [7, 11) is 0. The Balaban J connectivity index is 0. The molecule has 0 aromatic heterocycles. The number of hydrogen-bond donors (Lipinski definition) is 1. The molecule has 0 atom stereocenters. The second-order valence-corrected chi connectivity index (χ2v) is 2.17. The monoisotopic (exact) mass is 174 g/mol. The molecule has 0 saturated carbocycles. The van der Waals surface area contributed by atoms with Crippen molar-refractivity contribution in [3.8, 4) is 0 Å². The van der Waals surface area contributed by atoms with E-state index in [9.17, 15) is 4.79 Å². The maximum absolute atomic E-state index is 9.93. The van der Waals surface area contributed by atoms with Crippen LogP contribution in [0.3, 0.4) is 0 Å². The smallest absolute Gasteiger partial charge is 0.302 e. The minimum Gasteiger partial charge on any atom is -0.462 e. The number of ether oxygens (including phenoxy) is 1. The van der Waals surface area contributed by atoms with E-state index in [2.05, 4.69) is 18.2 Å². The second kappa shape index (κ2) is 12.8. The maximum atomic E-state index is 9.93. The number of carbonyl (C=O) groups excluding carboxylic acids is 1. The fourth-order valence-corrected chi connectivity index (χ4v) is 0.334. The van der Waals surface area contributed by atoms with Gasteiger partial charge in [-0.1, -0.05) is 26.0 Å². The van der Waals surface area contributed by atoms with Crippen molar-refractivity contribution in [1.82, 2.24) is 0 Å².